The van der Waals surface area contributed by atoms with Crippen LogP contribution >= 0.6 is 0 Å². The molecule has 5 heteroatoms. The Morgan fingerprint density at radius 3 is 2.69 bits per heavy atom. The smallest absolute Gasteiger partial charge is 0.410 e. The van der Waals surface area contributed by atoms with Crippen LogP contribution in [-0.2, 0) is 4.74 Å². The largest absolute Gasteiger partial charge is 0.444 e. The molecular weight excluding hydrogens is 208 g/mol. The van der Waals surface area contributed by atoms with E-state index in [9.17, 15) is 9.90 Å². The number of rotatable bonds is 1. The Labute approximate surface area is 96.6 Å². The summed E-state index contributed by atoms with van der Waals surface area (Å²) in [6, 6.07) is -0.477. The van der Waals surface area contributed by atoms with Crippen molar-refractivity contribution >= 4 is 6.09 Å². The third-order valence-electron chi connectivity index (χ3n) is 2.65. The van der Waals surface area contributed by atoms with Crippen LogP contribution in [0.25, 0.3) is 0 Å². The summed E-state index contributed by atoms with van der Waals surface area (Å²) in [5, 5.41) is 9.25. The SMILES string of the molecule is CC(C)(C)OC(=O)N1CCC[C@@H](N)[C@H]1CO. The minimum absolute atomic E-state index is 0.111. The van der Waals surface area contributed by atoms with E-state index in [2.05, 4.69) is 0 Å². The molecule has 2 atom stereocenters. The lowest BCUT2D eigenvalue weighted by Crippen LogP contribution is -2.56. The molecule has 1 rings (SSSR count). The zero-order valence-electron chi connectivity index (χ0n) is 10.3. The van der Waals surface area contributed by atoms with Gasteiger partial charge < -0.3 is 20.5 Å². The van der Waals surface area contributed by atoms with Crippen molar-refractivity contribution < 1.29 is 14.6 Å². The first-order valence-electron chi connectivity index (χ1n) is 5.71. The summed E-state index contributed by atoms with van der Waals surface area (Å²) in [5.41, 5.74) is 5.36. The van der Waals surface area contributed by atoms with Gasteiger partial charge in [-0.2, -0.15) is 0 Å². The molecule has 0 spiro atoms. The van der Waals surface area contributed by atoms with E-state index in [4.69, 9.17) is 10.5 Å². The van der Waals surface area contributed by atoms with Crippen LogP contribution in [0, 0.1) is 0 Å². The lowest BCUT2D eigenvalue weighted by molar-refractivity contribution is -0.00210. The van der Waals surface area contributed by atoms with E-state index in [1.165, 1.54) is 0 Å². The highest BCUT2D eigenvalue weighted by atomic mass is 16.6. The van der Waals surface area contributed by atoms with Gasteiger partial charge in [0.2, 0.25) is 0 Å². The Kier molecular flexibility index (Phi) is 4.15. The molecule has 0 aromatic heterocycles. The fraction of sp³-hybridized carbons (Fsp3) is 0.909. The van der Waals surface area contributed by atoms with Crippen LogP contribution in [0.2, 0.25) is 0 Å². The topological polar surface area (TPSA) is 75.8 Å². The van der Waals surface area contributed by atoms with Gasteiger partial charge in [0.25, 0.3) is 0 Å². The number of amides is 1. The zero-order chi connectivity index (χ0) is 12.3. The third kappa shape index (κ3) is 3.35. The highest BCUT2D eigenvalue weighted by Crippen LogP contribution is 2.19. The number of aliphatic hydroxyl groups is 1. The van der Waals surface area contributed by atoms with Crippen LogP contribution in [0.5, 0.6) is 0 Å². The van der Waals surface area contributed by atoms with Crippen molar-refractivity contribution in [1.29, 1.82) is 0 Å². The second-order valence-electron chi connectivity index (χ2n) is 5.23. The van der Waals surface area contributed by atoms with E-state index >= 15 is 0 Å². The lowest BCUT2D eigenvalue weighted by atomic mass is 9.98. The Balaban J connectivity index is 2.66. The monoisotopic (exact) mass is 230 g/mol. The van der Waals surface area contributed by atoms with Gasteiger partial charge >= 0.3 is 6.09 Å². The molecule has 1 heterocycles. The number of nitrogens with two attached hydrogens (primary N) is 1. The molecule has 0 saturated carbocycles. The van der Waals surface area contributed by atoms with Crippen LogP contribution in [0.1, 0.15) is 33.6 Å². The molecule has 94 valence electrons. The van der Waals surface area contributed by atoms with E-state index in [1.54, 1.807) is 4.90 Å². The summed E-state index contributed by atoms with van der Waals surface area (Å²) in [7, 11) is 0. The summed E-state index contributed by atoms with van der Waals surface area (Å²) in [4.78, 5) is 13.4. The van der Waals surface area contributed by atoms with Gasteiger partial charge in [0.05, 0.1) is 12.6 Å². The molecule has 0 aromatic carbocycles. The van der Waals surface area contributed by atoms with Crippen molar-refractivity contribution in [1.82, 2.24) is 4.90 Å². The first kappa shape index (κ1) is 13.3. The average molecular weight is 230 g/mol. The van der Waals surface area contributed by atoms with Crippen molar-refractivity contribution in [3.05, 3.63) is 0 Å². The molecular formula is C11H22N2O3. The van der Waals surface area contributed by atoms with E-state index in [1.807, 2.05) is 20.8 Å². The number of carbonyl (C=O) groups excluding carboxylic acids is 1. The van der Waals surface area contributed by atoms with Crippen molar-refractivity contribution in [2.75, 3.05) is 13.2 Å². The molecule has 1 amide bonds. The van der Waals surface area contributed by atoms with Crippen LogP contribution in [-0.4, -0.2) is 46.9 Å². The summed E-state index contributed by atoms with van der Waals surface area (Å²) in [6.45, 7) is 5.96. The van der Waals surface area contributed by atoms with Crippen LogP contribution in [0.15, 0.2) is 0 Å². The van der Waals surface area contributed by atoms with Gasteiger partial charge in [0.1, 0.15) is 5.60 Å². The molecule has 5 nitrogen and oxygen atoms in total. The van der Waals surface area contributed by atoms with Crippen molar-refractivity contribution in [3.8, 4) is 0 Å². The number of ether oxygens (including phenoxy) is 1. The number of nitrogens with zero attached hydrogens (tertiary/aromatic N) is 1. The molecule has 0 bridgehead atoms. The molecule has 1 aliphatic heterocycles. The highest BCUT2D eigenvalue weighted by Gasteiger charge is 2.34. The molecule has 0 unspecified atom stereocenters. The highest BCUT2D eigenvalue weighted by molar-refractivity contribution is 5.68. The zero-order valence-corrected chi connectivity index (χ0v) is 10.3. The minimum Gasteiger partial charge on any atom is -0.444 e. The van der Waals surface area contributed by atoms with Crippen molar-refractivity contribution in [2.24, 2.45) is 5.73 Å². The summed E-state index contributed by atoms with van der Waals surface area (Å²) < 4.78 is 5.28. The second-order valence-corrected chi connectivity index (χ2v) is 5.23. The quantitative estimate of drug-likeness (QED) is 0.695. The third-order valence-corrected chi connectivity index (χ3v) is 2.65. The van der Waals surface area contributed by atoms with E-state index in [0.29, 0.717) is 6.54 Å². The predicted octanol–water partition coefficient (Wildman–Crippen LogP) is 0.706. The van der Waals surface area contributed by atoms with E-state index in [0.717, 1.165) is 12.8 Å². The molecule has 3 N–H and O–H groups in total. The molecule has 1 saturated heterocycles. The molecule has 0 radical (unpaired) electrons. The van der Waals surface area contributed by atoms with Gasteiger partial charge in [-0.3, -0.25) is 0 Å². The van der Waals surface area contributed by atoms with E-state index < -0.39 is 5.60 Å². The average Bonchev–Trinajstić information content (AvgIpc) is 2.14. The van der Waals surface area contributed by atoms with Crippen LogP contribution in [0.4, 0.5) is 4.79 Å². The number of carbonyl (C=O) groups is 1. The number of hydrogen-bond acceptors (Lipinski definition) is 4. The minimum atomic E-state index is -0.515. The first-order chi connectivity index (χ1) is 7.35. The number of hydrogen-bond donors (Lipinski definition) is 2. The van der Waals surface area contributed by atoms with Crippen molar-refractivity contribution in [2.45, 2.75) is 51.3 Å². The Hall–Kier alpha value is -0.810. The maximum Gasteiger partial charge on any atom is 0.410 e. The summed E-state index contributed by atoms with van der Waals surface area (Å²) >= 11 is 0. The van der Waals surface area contributed by atoms with Crippen LogP contribution < -0.4 is 5.73 Å². The first-order valence-corrected chi connectivity index (χ1v) is 5.71. The van der Waals surface area contributed by atoms with Gasteiger partial charge in [-0.05, 0) is 33.6 Å². The summed E-state index contributed by atoms with van der Waals surface area (Å²) in [5.74, 6) is 0. The van der Waals surface area contributed by atoms with Gasteiger partial charge in [-0.1, -0.05) is 0 Å². The standard InChI is InChI=1S/C11H22N2O3/c1-11(2,3)16-10(15)13-6-4-5-8(12)9(13)7-14/h8-9,14H,4-7,12H2,1-3H3/t8-,9-/m1/s1. The Bertz CT molecular complexity index is 250. The number of likely N-dealkylation sites (tertiary alicyclic amines) is 1. The van der Waals surface area contributed by atoms with Crippen LogP contribution in [0.3, 0.4) is 0 Å². The molecule has 1 fully saturated rings. The molecule has 16 heavy (non-hydrogen) atoms. The summed E-state index contributed by atoms with van der Waals surface area (Å²) in [6.07, 6.45) is 1.31. The van der Waals surface area contributed by atoms with E-state index in [-0.39, 0.29) is 24.8 Å². The molecule has 0 aromatic rings. The maximum atomic E-state index is 11.9. The molecule has 1 aliphatic rings. The Morgan fingerprint density at radius 2 is 2.19 bits per heavy atom. The van der Waals surface area contributed by atoms with Gasteiger partial charge in [0, 0.05) is 12.6 Å². The van der Waals surface area contributed by atoms with Gasteiger partial charge in [-0.15, -0.1) is 0 Å². The fourth-order valence-electron chi connectivity index (χ4n) is 1.87. The fourth-order valence-corrected chi connectivity index (χ4v) is 1.87. The second kappa shape index (κ2) is 5.01. The van der Waals surface area contributed by atoms with Crippen molar-refractivity contribution in [3.63, 3.8) is 0 Å². The normalized spacial score (nSPS) is 26.7. The number of piperidine rings is 1. The molecule has 0 aliphatic carbocycles. The predicted molar refractivity (Wildman–Crippen MR) is 61.0 cm³/mol. The Morgan fingerprint density at radius 1 is 1.56 bits per heavy atom. The van der Waals surface area contributed by atoms with Gasteiger partial charge in [0.15, 0.2) is 0 Å². The maximum absolute atomic E-state index is 11.9. The lowest BCUT2D eigenvalue weighted by Gasteiger charge is -2.39. The number of aliphatic hydroxyl groups excluding tert-OH is 1. The van der Waals surface area contributed by atoms with Gasteiger partial charge in [-0.25, -0.2) is 4.79 Å².